The molecule has 2 aromatic carbocycles. The number of amides is 4. The predicted octanol–water partition coefficient (Wildman–Crippen LogP) is 6.20. The van der Waals surface area contributed by atoms with Crippen molar-refractivity contribution in [3.05, 3.63) is 88.2 Å². The van der Waals surface area contributed by atoms with Gasteiger partial charge in [-0.3, -0.25) is 9.69 Å². The molecule has 0 unspecified atom stereocenters. The molecule has 0 aliphatic carbocycles. The Morgan fingerprint density at radius 3 is 2.32 bits per heavy atom. The van der Waals surface area contributed by atoms with Crippen molar-refractivity contribution in [1.82, 2.24) is 29.2 Å². The number of piperazine rings is 1. The molecule has 0 atom stereocenters. The molecule has 2 aromatic heterocycles. The lowest BCUT2D eigenvalue weighted by Crippen LogP contribution is -2.45. The lowest BCUT2D eigenvalue weighted by atomic mass is 10.0. The normalized spacial score (nSPS) is 15.1. The summed E-state index contributed by atoms with van der Waals surface area (Å²) in [5.74, 6) is 5.60. The van der Waals surface area contributed by atoms with E-state index in [-0.39, 0.29) is 30.3 Å². The number of urea groups is 1. The number of ether oxygens (including phenoxy) is 1. The van der Waals surface area contributed by atoms with Gasteiger partial charge in [0.25, 0.3) is 5.91 Å². The van der Waals surface area contributed by atoms with Crippen LogP contribution in [0.4, 0.5) is 40.1 Å². The molecular weight excluding hydrogens is 727 g/mol. The van der Waals surface area contributed by atoms with Crippen molar-refractivity contribution in [2.45, 2.75) is 52.4 Å². The average molecular weight is 772 g/mol. The van der Waals surface area contributed by atoms with Gasteiger partial charge in [0.05, 0.1) is 22.4 Å². The highest BCUT2D eigenvalue weighted by molar-refractivity contribution is 6.05. The molecule has 1 saturated heterocycles. The van der Waals surface area contributed by atoms with Crippen LogP contribution < -0.4 is 16.4 Å². The maximum absolute atomic E-state index is 14.1. The highest BCUT2D eigenvalue weighted by Crippen LogP contribution is 2.35. The van der Waals surface area contributed by atoms with Crippen molar-refractivity contribution in [1.29, 1.82) is 0 Å². The number of alkyl halides is 3. The molecule has 2 aliphatic heterocycles. The molecule has 4 amide bonds. The Labute approximate surface area is 323 Å². The Bertz CT molecular complexity index is 2210. The molecule has 0 bridgehead atoms. The van der Waals surface area contributed by atoms with Crippen LogP contribution in [0.2, 0.25) is 0 Å². The largest absolute Gasteiger partial charge is 0.443 e. The van der Waals surface area contributed by atoms with Gasteiger partial charge in [0.2, 0.25) is 5.95 Å². The molecule has 4 N–H and O–H groups in total. The SMILES string of the molecule is CCN1CCN(Cc2ccc(NC(=O)Nc3cccc(C#Cc4cnc(N)nc4-c4cc5c(n4C)CCN(C(=O)OC(C)(C)C)C5=O)c3)cc2C(F)(F)F)CC1. The Morgan fingerprint density at radius 2 is 1.64 bits per heavy atom. The van der Waals surface area contributed by atoms with Gasteiger partial charge >= 0.3 is 18.3 Å². The van der Waals surface area contributed by atoms with E-state index < -0.39 is 35.4 Å². The fourth-order valence-corrected chi connectivity index (χ4v) is 6.66. The summed E-state index contributed by atoms with van der Waals surface area (Å²) >= 11 is 0. The number of aromatic nitrogens is 3. The molecule has 13 nitrogen and oxygen atoms in total. The molecule has 294 valence electrons. The van der Waals surface area contributed by atoms with Crippen LogP contribution >= 0.6 is 0 Å². The Morgan fingerprint density at radius 1 is 0.946 bits per heavy atom. The summed E-state index contributed by atoms with van der Waals surface area (Å²) in [7, 11) is 1.79. The molecule has 56 heavy (non-hydrogen) atoms. The molecule has 16 heteroatoms. The number of nitrogens with two attached hydrogens (primary N) is 1. The van der Waals surface area contributed by atoms with Crippen molar-refractivity contribution >= 4 is 35.4 Å². The van der Waals surface area contributed by atoms with E-state index in [1.165, 1.54) is 18.3 Å². The van der Waals surface area contributed by atoms with E-state index >= 15 is 0 Å². The van der Waals surface area contributed by atoms with Crippen LogP contribution in [0.3, 0.4) is 0 Å². The predicted molar refractivity (Wildman–Crippen MR) is 206 cm³/mol. The molecule has 1 fully saturated rings. The zero-order chi connectivity index (χ0) is 40.4. The van der Waals surface area contributed by atoms with Gasteiger partial charge in [0, 0.05) is 81.6 Å². The molecule has 2 aliphatic rings. The van der Waals surface area contributed by atoms with E-state index in [0.717, 1.165) is 30.6 Å². The molecule has 0 radical (unpaired) electrons. The average Bonchev–Trinajstić information content (AvgIpc) is 3.47. The summed E-state index contributed by atoms with van der Waals surface area (Å²) in [6.07, 6.45) is -3.45. The van der Waals surface area contributed by atoms with Crippen molar-refractivity contribution in [3.63, 3.8) is 0 Å². The first-order valence-electron chi connectivity index (χ1n) is 18.2. The van der Waals surface area contributed by atoms with Gasteiger partial charge in [-0.2, -0.15) is 13.2 Å². The molecule has 0 saturated carbocycles. The first kappa shape index (κ1) is 39.8. The first-order valence-corrected chi connectivity index (χ1v) is 18.2. The number of halogens is 3. The van der Waals surface area contributed by atoms with E-state index in [1.54, 1.807) is 58.2 Å². The summed E-state index contributed by atoms with van der Waals surface area (Å²) in [6.45, 7) is 11.4. The third-order valence-electron chi connectivity index (χ3n) is 9.51. The van der Waals surface area contributed by atoms with Crippen molar-refractivity contribution in [2.24, 2.45) is 7.05 Å². The van der Waals surface area contributed by atoms with Crippen LogP contribution in [0.1, 0.15) is 66.0 Å². The molecule has 6 rings (SSSR count). The number of carbonyl (C=O) groups is 3. The van der Waals surface area contributed by atoms with Gasteiger partial charge in [0.15, 0.2) is 0 Å². The van der Waals surface area contributed by atoms with E-state index in [0.29, 0.717) is 59.0 Å². The van der Waals surface area contributed by atoms with E-state index in [2.05, 4.69) is 44.3 Å². The van der Waals surface area contributed by atoms with Crippen LogP contribution in [-0.4, -0.2) is 92.1 Å². The second-order valence-electron chi connectivity index (χ2n) is 14.6. The van der Waals surface area contributed by atoms with Gasteiger partial charge in [-0.05, 0) is 69.3 Å². The van der Waals surface area contributed by atoms with Gasteiger partial charge in [-0.15, -0.1) is 0 Å². The minimum absolute atomic E-state index is 0.00260. The number of anilines is 3. The highest BCUT2D eigenvalue weighted by Gasteiger charge is 2.36. The van der Waals surface area contributed by atoms with E-state index in [1.807, 2.05) is 9.47 Å². The Balaban J connectivity index is 1.17. The van der Waals surface area contributed by atoms with Crippen LogP contribution in [0.25, 0.3) is 11.4 Å². The number of nitrogens with zero attached hydrogens (tertiary/aromatic N) is 6. The third kappa shape index (κ3) is 9.29. The minimum Gasteiger partial charge on any atom is -0.443 e. The summed E-state index contributed by atoms with van der Waals surface area (Å²) in [6, 6.07) is 11.4. The minimum atomic E-state index is -4.60. The second kappa shape index (κ2) is 16.0. The first-order chi connectivity index (χ1) is 26.5. The number of rotatable bonds is 6. The number of carbonyl (C=O) groups excluding carboxylic acids is 3. The highest BCUT2D eigenvalue weighted by atomic mass is 19.4. The standard InChI is InChI=1S/C40H44F3N9O4/c1-6-50-16-18-51(19-17-50)24-27-12-13-29(21-31(27)40(41,42)43)47-37(54)46-28-9-7-8-25(20-28)10-11-26-23-45-36(44)48-34(26)33-22-30-32(49(33)5)14-15-52(35(30)53)38(55)56-39(2,3)4/h7-9,12-13,20-23H,6,14-19,24H2,1-5H3,(H2,44,45,48)(H2,46,47,54). The zero-order valence-corrected chi connectivity index (χ0v) is 31.9. The Hall–Kier alpha value is -5.92. The number of fused-ring (bicyclic) bond motifs is 1. The number of nitrogens with one attached hydrogen (secondary N) is 2. The third-order valence-corrected chi connectivity index (χ3v) is 9.51. The van der Waals surface area contributed by atoms with Crippen molar-refractivity contribution in [2.75, 3.05) is 55.6 Å². The number of imide groups is 1. The maximum Gasteiger partial charge on any atom is 0.417 e. The van der Waals surface area contributed by atoms with Crippen molar-refractivity contribution < 1.29 is 32.3 Å². The van der Waals surface area contributed by atoms with Crippen LogP contribution in [-0.2, 0) is 30.9 Å². The molecule has 4 aromatic rings. The molecule has 4 heterocycles. The summed E-state index contributed by atoms with van der Waals surface area (Å²) < 4.78 is 49.6. The molecular formula is C40H44F3N9O4. The van der Waals surface area contributed by atoms with Crippen LogP contribution in [0.15, 0.2) is 54.7 Å². The number of likely N-dealkylation sites (N-methyl/N-ethyl adjacent to an activating group) is 1. The van der Waals surface area contributed by atoms with Crippen molar-refractivity contribution in [3.8, 4) is 23.2 Å². The van der Waals surface area contributed by atoms with Gasteiger partial charge in [-0.1, -0.05) is 30.9 Å². The number of hydrogen-bond acceptors (Lipinski definition) is 9. The number of nitrogen functional groups attached to an aromatic ring is 1. The summed E-state index contributed by atoms with van der Waals surface area (Å²) in [4.78, 5) is 53.0. The van der Waals surface area contributed by atoms with Gasteiger partial charge in [0.1, 0.15) is 11.3 Å². The number of hydrogen-bond donors (Lipinski definition) is 3. The fraction of sp³-hybridized carbons (Fsp3) is 0.375. The molecule has 0 spiro atoms. The maximum atomic E-state index is 14.1. The van der Waals surface area contributed by atoms with E-state index in [4.69, 9.17) is 10.5 Å². The van der Waals surface area contributed by atoms with Crippen LogP contribution in [0, 0.1) is 11.8 Å². The zero-order valence-electron chi connectivity index (χ0n) is 31.9. The van der Waals surface area contributed by atoms with Gasteiger partial charge in [-0.25, -0.2) is 24.5 Å². The topological polar surface area (TPSA) is 151 Å². The number of benzene rings is 2. The lowest BCUT2D eigenvalue weighted by molar-refractivity contribution is -0.138. The quantitative estimate of drug-likeness (QED) is 0.195. The van der Waals surface area contributed by atoms with Gasteiger partial charge < -0.3 is 30.6 Å². The summed E-state index contributed by atoms with van der Waals surface area (Å²) in [5, 5.41) is 5.17. The van der Waals surface area contributed by atoms with E-state index in [9.17, 15) is 27.6 Å². The lowest BCUT2D eigenvalue weighted by Gasteiger charge is -2.34. The fourth-order valence-electron chi connectivity index (χ4n) is 6.66. The summed E-state index contributed by atoms with van der Waals surface area (Å²) in [5.41, 5.74) is 7.78. The monoisotopic (exact) mass is 771 g/mol. The smallest absolute Gasteiger partial charge is 0.417 e. The van der Waals surface area contributed by atoms with Crippen LogP contribution in [0.5, 0.6) is 0 Å². The Kier molecular flexibility index (Phi) is 11.4. The second-order valence-corrected chi connectivity index (χ2v) is 14.6.